The SMILES string of the molecule is CC(C)COC(=O)CNc1cnccn1. The number of ether oxygens (including phenoxy) is 1. The van der Waals surface area contributed by atoms with Crippen LogP contribution in [0.15, 0.2) is 18.6 Å². The molecular formula is C10H15N3O2. The number of carbonyl (C=O) groups excluding carboxylic acids is 1. The summed E-state index contributed by atoms with van der Waals surface area (Å²) in [6, 6.07) is 0. The number of rotatable bonds is 5. The second kappa shape index (κ2) is 5.95. The molecule has 15 heavy (non-hydrogen) atoms. The second-order valence-electron chi connectivity index (χ2n) is 3.52. The Kier molecular flexibility index (Phi) is 4.53. The quantitative estimate of drug-likeness (QED) is 0.735. The van der Waals surface area contributed by atoms with Crippen LogP contribution in [0.3, 0.4) is 0 Å². The number of nitrogens with zero attached hydrogens (tertiary/aromatic N) is 2. The Hall–Kier alpha value is -1.65. The van der Waals surface area contributed by atoms with E-state index in [0.29, 0.717) is 18.3 Å². The van der Waals surface area contributed by atoms with E-state index in [-0.39, 0.29) is 12.5 Å². The van der Waals surface area contributed by atoms with E-state index in [1.165, 1.54) is 0 Å². The summed E-state index contributed by atoms with van der Waals surface area (Å²) in [5.74, 6) is 0.638. The molecule has 0 aromatic carbocycles. The molecule has 0 spiro atoms. The molecule has 0 aliphatic heterocycles. The van der Waals surface area contributed by atoms with Gasteiger partial charge in [0, 0.05) is 12.4 Å². The Labute approximate surface area is 88.9 Å². The molecule has 1 aromatic rings. The first-order valence-electron chi connectivity index (χ1n) is 4.84. The molecule has 0 bridgehead atoms. The fourth-order valence-corrected chi connectivity index (χ4v) is 0.864. The molecule has 0 amide bonds. The fourth-order valence-electron chi connectivity index (χ4n) is 0.864. The molecule has 0 unspecified atom stereocenters. The van der Waals surface area contributed by atoms with Crippen LogP contribution < -0.4 is 5.32 Å². The normalized spacial score (nSPS) is 10.1. The summed E-state index contributed by atoms with van der Waals surface area (Å²) < 4.78 is 4.98. The summed E-state index contributed by atoms with van der Waals surface area (Å²) >= 11 is 0. The second-order valence-corrected chi connectivity index (χ2v) is 3.52. The monoisotopic (exact) mass is 209 g/mol. The maximum absolute atomic E-state index is 11.2. The first kappa shape index (κ1) is 11.4. The molecule has 1 aromatic heterocycles. The molecule has 1 rings (SSSR count). The lowest BCUT2D eigenvalue weighted by molar-refractivity contribution is -0.142. The van der Waals surface area contributed by atoms with E-state index in [0.717, 1.165) is 0 Å². The molecule has 0 aliphatic rings. The van der Waals surface area contributed by atoms with Gasteiger partial charge in [-0.15, -0.1) is 0 Å². The van der Waals surface area contributed by atoms with Gasteiger partial charge in [-0.3, -0.25) is 9.78 Å². The van der Waals surface area contributed by atoms with Crippen LogP contribution in [-0.4, -0.2) is 29.1 Å². The van der Waals surface area contributed by atoms with Gasteiger partial charge in [0.25, 0.3) is 0 Å². The van der Waals surface area contributed by atoms with Crippen LogP contribution in [0.1, 0.15) is 13.8 Å². The topological polar surface area (TPSA) is 64.1 Å². The standard InChI is InChI=1S/C10H15N3O2/c1-8(2)7-15-10(14)6-13-9-5-11-3-4-12-9/h3-5,8H,6-7H2,1-2H3,(H,12,13). The number of nitrogens with one attached hydrogen (secondary N) is 1. The predicted octanol–water partition coefficient (Wildman–Crippen LogP) is 1.09. The maximum Gasteiger partial charge on any atom is 0.325 e. The lowest BCUT2D eigenvalue weighted by atomic mass is 10.2. The van der Waals surface area contributed by atoms with Crippen LogP contribution in [0.25, 0.3) is 0 Å². The van der Waals surface area contributed by atoms with E-state index in [1.54, 1.807) is 18.6 Å². The van der Waals surface area contributed by atoms with Crippen LogP contribution in [0, 0.1) is 5.92 Å². The van der Waals surface area contributed by atoms with E-state index >= 15 is 0 Å². The zero-order chi connectivity index (χ0) is 11.1. The van der Waals surface area contributed by atoms with Crippen LogP contribution >= 0.6 is 0 Å². The van der Waals surface area contributed by atoms with Gasteiger partial charge < -0.3 is 10.1 Å². The molecule has 0 aliphatic carbocycles. The van der Waals surface area contributed by atoms with Gasteiger partial charge in [-0.25, -0.2) is 4.98 Å². The highest BCUT2D eigenvalue weighted by Gasteiger charge is 2.04. The van der Waals surface area contributed by atoms with E-state index < -0.39 is 0 Å². The molecule has 0 radical (unpaired) electrons. The van der Waals surface area contributed by atoms with Crippen molar-refractivity contribution in [1.82, 2.24) is 9.97 Å². The molecule has 5 nitrogen and oxygen atoms in total. The number of hydrogen-bond donors (Lipinski definition) is 1. The van der Waals surface area contributed by atoms with Crippen molar-refractivity contribution in [1.29, 1.82) is 0 Å². The Balaban J connectivity index is 2.23. The van der Waals surface area contributed by atoms with Gasteiger partial charge in [0.1, 0.15) is 12.4 Å². The van der Waals surface area contributed by atoms with Crippen molar-refractivity contribution >= 4 is 11.8 Å². The van der Waals surface area contributed by atoms with E-state index in [1.807, 2.05) is 13.8 Å². The van der Waals surface area contributed by atoms with E-state index in [4.69, 9.17) is 4.74 Å². The molecule has 0 saturated heterocycles. The van der Waals surface area contributed by atoms with Crippen LogP contribution in [0.4, 0.5) is 5.82 Å². The van der Waals surface area contributed by atoms with Crippen molar-refractivity contribution in [2.24, 2.45) is 5.92 Å². The summed E-state index contributed by atoms with van der Waals surface area (Å²) in [6.45, 7) is 4.54. The van der Waals surface area contributed by atoms with E-state index in [9.17, 15) is 4.79 Å². The van der Waals surface area contributed by atoms with Crippen molar-refractivity contribution in [3.05, 3.63) is 18.6 Å². The number of aromatic nitrogens is 2. The van der Waals surface area contributed by atoms with Gasteiger partial charge in [0.2, 0.25) is 0 Å². The van der Waals surface area contributed by atoms with Crippen LogP contribution in [0.2, 0.25) is 0 Å². The summed E-state index contributed by atoms with van der Waals surface area (Å²) in [5.41, 5.74) is 0. The fraction of sp³-hybridized carbons (Fsp3) is 0.500. The Morgan fingerprint density at radius 1 is 1.53 bits per heavy atom. The maximum atomic E-state index is 11.2. The zero-order valence-corrected chi connectivity index (χ0v) is 8.93. The van der Waals surface area contributed by atoms with E-state index in [2.05, 4.69) is 15.3 Å². The van der Waals surface area contributed by atoms with Crippen molar-refractivity contribution < 1.29 is 9.53 Å². The predicted molar refractivity (Wildman–Crippen MR) is 56.3 cm³/mol. The third kappa shape index (κ3) is 4.95. The molecule has 0 atom stereocenters. The molecule has 1 N–H and O–H groups in total. The van der Waals surface area contributed by atoms with Gasteiger partial charge in [-0.1, -0.05) is 13.8 Å². The molecule has 0 fully saturated rings. The Morgan fingerprint density at radius 3 is 2.93 bits per heavy atom. The highest BCUT2D eigenvalue weighted by Crippen LogP contribution is 1.97. The Morgan fingerprint density at radius 2 is 2.33 bits per heavy atom. The van der Waals surface area contributed by atoms with Gasteiger partial charge in [-0.05, 0) is 5.92 Å². The first-order valence-corrected chi connectivity index (χ1v) is 4.84. The molecular weight excluding hydrogens is 194 g/mol. The van der Waals surface area contributed by atoms with Crippen LogP contribution in [0.5, 0.6) is 0 Å². The average Bonchev–Trinajstić information content (AvgIpc) is 2.25. The summed E-state index contributed by atoms with van der Waals surface area (Å²) in [4.78, 5) is 19.0. The zero-order valence-electron chi connectivity index (χ0n) is 8.93. The lowest BCUT2D eigenvalue weighted by Gasteiger charge is -2.07. The molecule has 5 heteroatoms. The van der Waals surface area contributed by atoms with Gasteiger partial charge in [-0.2, -0.15) is 0 Å². The van der Waals surface area contributed by atoms with Crippen molar-refractivity contribution in [3.8, 4) is 0 Å². The minimum atomic E-state index is -0.283. The third-order valence-electron chi connectivity index (χ3n) is 1.55. The highest BCUT2D eigenvalue weighted by molar-refractivity contribution is 5.74. The minimum absolute atomic E-state index is 0.116. The summed E-state index contributed by atoms with van der Waals surface area (Å²) in [7, 11) is 0. The number of esters is 1. The number of carbonyl (C=O) groups is 1. The molecule has 1 heterocycles. The van der Waals surface area contributed by atoms with Crippen molar-refractivity contribution in [2.45, 2.75) is 13.8 Å². The third-order valence-corrected chi connectivity index (χ3v) is 1.55. The first-order chi connectivity index (χ1) is 7.18. The largest absolute Gasteiger partial charge is 0.464 e. The number of hydrogen-bond acceptors (Lipinski definition) is 5. The molecule has 0 saturated carbocycles. The van der Waals surface area contributed by atoms with Gasteiger partial charge in [0.05, 0.1) is 12.8 Å². The lowest BCUT2D eigenvalue weighted by Crippen LogP contribution is -2.19. The smallest absolute Gasteiger partial charge is 0.325 e. The number of anilines is 1. The van der Waals surface area contributed by atoms with Crippen molar-refractivity contribution in [3.63, 3.8) is 0 Å². The molecule has 82 valence electrons. The highest BCUT2D eigenvalue weighted by atomic mass is 16.5. The average molecular weight is 209 g/mol. The Bertz CT molecular complexity index is 301. The summed E-state index contributed by atoms with van der Waals surface area (Å²) in [6.07, 6.45) is 4.68. The van der Waals surface area contributed by atoms with Gasteiger partial charge >= 0.3 is 5.97 Å². The minimum Gasteiger partial charge on any atom is -0.464 e. The summed E-state index contributed by atoms with van der Waals surface area (Å²) in [5, 5.41) is 2.82. The van der Waals surface area contributed by atoms with Crippen molar-refractivity contribution in [2.75, 3.05) is 18.5 Å². The van der Waals surface area contributed by atoms with Gasteiger partial charge in [0.15, 0.2) is 0 Å². The van der Waals surface area contributed by atoms with Crippen LogP contribution in [-0.2, 0) is 9.53 Å².